The van der Waals surface area contributed by atoms with Gasteiger partial charge in [-0.15, -0.1) is 0 Å². The van der Waals surface area contributed by atoms with Gasteiger partial charge in [-0.2, -0.15) is 0 Å². The van der Waals surface area contributed by atoms with Crippen molar-refractivity contribution in [2.75, 3.05) is 26.2 Å². The molecule has 0 radical (unpaired) electrons. The Morgan fingerprint density at radius 1 is 1.50 bits per heavy atom. The fraction of sp³-hybridized carbons (Fsp3) is 0.889. The Morgan fingerprint density at radius 3 is 2.67 bits per heavy atom. The largest absolute Gasteiger partial charge is 0.358 e. The number of amides is 1. The van der Waals surface area contributed by atoms with Crippen molar-refractivity contribution >= 4 is 6.41 Å². The van der Waals surface area contributed by atoms with Gasteiger partial charge in [-0.1, -0.05) is 6.92 Å². The first-order chi connectivity index (χ1) is 5.86. The third-order valence-corrected chi connectivity index (χ3v) is 2.64. The van der Waals surface area contributed by atoms with Crippen LogP contribution < -0.4 is 5.32 Å². The zero-order valence-electron chi connectivity index (χ0n) is 7.75. The number of carbonyl (C=O) groups excluding carboxylic acids is 1. The molecule has 0 unspecified atom stereocenters. The van der Waals surface area contributed by atoms with Gasteiger partial charge in [-0.25, -0.2) is 0 Å². The lowest BCUT2D eigenvalue weighted by Crippen LogP contribution is -2.36. The normalized spacial score (nSPS) is 20.8. The second-order valence-electron chi connectivity index (χ2n) is 3.40. The van der Waals surface area contributed by atoms with Gasteiger partial charge in [0, 0.05) is 6.54 Å². The molecule has 1 fully saturated rings. The van der Waals surface area contributed by atoms with Crippen molar-refractivity contribution in [2.45, 2.75) is 19.8 Å². The number of piperidine rings is 1. The molecule has 1 heterocycles. The molecule has 3 nitrogen and oxygen atoms in total. The van der Waals surface area contributed by atoms with E-state index in [1.807, 2.05) is 0 Å². The predicted molar refractivity (Wildman–Crippen MR) is 48.9 cm³/mol. The monoisotopic (exact) mass is 170 g/mol. The van der Waals surface area contributed by atoms with Crippen LogP contribution in [0.2, 0.25) is 0 Å². The number of hydrogen-bond donors (Lipinski definition) is 1. The van der Waals surface area contributed by atoms with Crippen molar-refractivity contribution < 1.29 is 4.79 Å². The second kappa shape index (κ2) is 5.14. The first-order valence-corrected chi connectivity index (χ1v) is 4.76. The minimum absolute atomic E-state index is 0.706. The quantitative estimate of drug-likeness (QED) is 0.622. The molecular formula is C9H18N2O. The van der Waals surface area contributed by atoms with Crippen molar-refractivity contribution in [3.8, 4) is 0 Å². The van der Waals surface area contributed by atoms with Crippen LogP contribution in [0.25, 0.3) is 0 Å². The smallest absolute Gasteiger partial charge is 0.207 e. The highest BCUT2D eigenvalue weighted by molar-refractivity contribution is 5.45. The molecule has 0 aromatic heterocycles. The molecule has 0 spiro atoms. The second-order valence-corrected chi connectivity index (χ2v) is 3.40. The Hall–Kier alpha value is -0.570. The summed E-state index contributed by atoms with van der Waals surface area (Å²) in [6.07, 6.45) is 3.26. The van der Waals surface area contributed by atoms with Gasteiger partial charge in [0.15, 0.2) is 0 Å². The summed E-state index contributed by atoms with van der Waals surface area (Å²) in [6, 6.07) is 0. The highest BCUT2D eigenvalue weighted by Crippen LogP contribution is 2.15. The summed E-state index contributed by atoms with van der Waals surface area (Å²) in [4.78, 5) is 12.5. The van der Waals surface area contributed by atoms with Crippen molar-refractivity contribution in [3.63, 3.8) is 0 Å². The van der Waals surface area contributed by atoms with Gasteiger partial charge in [-0.3, -0.25) is 4.79 Å². The number of carbonyl (C=O) groups is 1. The molecule has 1 aliphatic rings. The molecule has 70 valence electrons. The van der Waals surface area contributed by atoms with Gasteiger partial charge >= 0.3 is 0 Å². The van der Waals surface area contributed by atoms with E-state index < -0.39 is 0 Å². The van der Waals surface area contributed by atoms with Gasteiger partial charge < -0.3 is 10.2 Å². The molecule has 12 heavy (non-hydrogen) atoms. The number of nitrogens with zero attached hydrogens (tertiary/aromatic N) is 1. The van der Waals surface area contributed by atoms with Crippen LogP contribution in [0.5, 0.6) is 0 Å². The van der Waals surface area contributed by atoms with E-state index in [9.17, 15) is 4.79 Å². The van der Waals surface area contributed by atoms with E-state index in [1.165, 1.54) is 25.9 Å². The molecule has 0 aromatic carbocycles. The van der Waals surface area contributed by atoms with Crippen LogP contribution >= 0.6 is 0 Å². The van der Waals surface area contributed by atoms with E-state index in [1.54, 1.807) is 0 Å². The van der Waals surface area contributed by atoms with Crippen LogP contribution in [0.4, 0.5) is 0 Å². The molecule has 3 heteroatoms. The van der Waals surface area contributed by atoms with Crippen molar-refractivity contribution in [1.82, 2.24) is 10.2 Å². The van der Waals surface area contributed by atoms with Crippen LogP contribution in [0.3, 0.4) is 0 Å². The lowest BCUT2D eigenvalue weighted by Gasteiger charge is -2.30. The molecule has 0 aliphatic carbocycles. The summed E-state index contributed by atoms with van der Waals surface area (Å²) in [5, 5.41) is 2.75. The zero-order chi connectivity index (χ0) is 8.81. The van der Waals surface area contributed by atoms with Gasteiger partial charge in [0.2, 0.25) is 6.41 Å². The van der Waals surface area contributed by atoms with E-state index in [-0.39, 0.29) is 0 Å². The summed E-state index contributed by atoms with van der Waals surface area (Å²) < 4.78 is 0. The first-order valence-electron chi connectivity index (χ1n) is 4.76. The average Bonchev–Trinajstić information content (AvgIpc) is 2.15. The maximum Gasteiger partial charge on any atom is 0.207 e. The summed E-state index contributed by atoms with van der Waals surface area (Å²) >= 11 is 0. The number of nitrogens with one attached hydrogen (secondary N) is 1. The molecule has 1 saturated heterocycles. The van der Waals surface area contributed by atoms with Crippen molar-refractivity contribution in [2.24, 2.45) is 5.92 Å². The van der Waals surface area contributed by atoms with E-state index in [2.05, 4.69) is 17.1 Å². The number of hydrogen-bond acceptors (Lipinski definition) is 2. The molecule has 1 aliphatic heterocycles. The van der Waals surface area contributed by atoms with Crippen molar-refractivity contribution in [3.05, 3.63) is 0 Å². The Bertz CT molecular complexity index is 130. The highest BCUT2D eigenvalue weighted by Gasteiger charge is 2.16. The number of likely N-dealkylation sites (tertiary alicyclic amines) is 1. The predicted octanol–water partition coefficient (Wildman–Crippen LogP) is 0.464. The SMILES string of the molecule is CCN1CCC(CNC=O)CC1. The molecule has 1 amide bonds. The summed E-state index contributed by atoms with van der Waals surface area (Å²) in [7, 11) is 0. The van der Waals surface area contributed by atoms with E-state index in [0.717, 1.165) is 19.5 Å². The summed E-state index contributed by atoms with van der Waals surface area (Å²) in [6.45, 7) is 6.61. The Labute approximate surface area is 74.1 Å². The van der Waals surface area contributed by atoms with Gasteiger partial charge in [0.25, 0.3) is 0 Å². The topological polar surface area (TPSA) is 32.3 Å². The van der Waals surface area contributed by atoms with Gasteiger partial charge in [0.1, 0.15) is 0 Å². The minimum atomic E-state index is 0.706. The van der Waals surface area contributed by atoms with Gasteiger partial charge in [-0.05, 0) is 38.4 Å². The molecular weight excluding hydrogens is 152 g/mol. The standard InChI is InChI=1S/C9H18N2O/c1-2-11-5-3-9(4-6-11)7-10-8-12/h8-9H,2-7H2,1H3,(H,10,12). The first kappa shape index (κ1) is 9.52. The Balaban J connectivity index is 2.12. The number of rotatable bonds is 4. The molecule has 0 saturated carbocycles. The highest BCUT2D eigenvalue weighted by atomic mass is 16.1. The Morgan fingerprint density at radius 2 is 2.17 bits per heavy atom. The molecule has 0 atom stereocenters. The third kappa shape index (κ3) is 2.81. The van der Waals surface area contributed by atoms with E-state index in [0.29, 0.717) is 5.92 Å². The lowest BCUT2D eigenvalue weighted by molar-refractivity contribution is -0.109. The summed E-state index contributed by atoms with van der Waals surface area (Å²) in [5.41, 5.74) is 0. The Kier molecular flexibility index (Phi) is 4.08. The molecule has 0 bridgehead atoms. The molecule has 0 aromatic rings. The van der Waals surface area contributed by atoms with Gasteiger partial charge in [0.05, 0.1) is 0 Å². The molecule has 1 N–H and O–H groups in total. The van der Waals surface area contributed by atoms with Crippen LogP contribution in [0.15, 0.2) is 0 Å². The average molecular weight is 170 g/mol. The van der Waals surface area contributed by atoms with Crippen LogP contribution in [-0.2, 0) is 4.79 Å². The maximum atomic E-state index is 10.0. The molecule has 1 rings (SSSR count). The lowest BCUT2D eigenvalue weighted by atomic mass is 9.97. The van der Waals surface area contributed by atoms with E-state index in [4.69, 9.17) is 0 Å². The van der Waals surface area contributed by atoms with Crippen LogP contribution in [-0.4, -0.2) is 37.5 Å². The van der Waals surface area contributed by atoms with Crippen LogP contribution in [0, 0.1) is 5.92 Å². The van der Waals surface area contributed by atoms with Crippen molar-refractivity contribution in [1.29, 1.82) is 0 Å². The minimum Gasteiger partial charge on any atom is -0.358 e. The third-order valence-electron chi connectivity index (χ3n) is 2.64. The maximum absolute atomic E-state index is 10.0. The summed E-state index contributed by atoms with van der Waals surface area (Å²) in [5.74, 6) is 0.706. The van der Waals surface area contributed by atoms with Crippen LogP contribution in [0.1, 0.15) is 19.8 Å². The fourth-order valence-corrected chi connectivity index (χ4v) is 1.72. The zero-order valence-corrected chi connectivity index (χ0v) is 7.75. The fourth-order valence-electron chi connectivity index (χ4n) is 1.72. The van der Waals surface area contributed by atoms with E-state index >= 15 is 0 Å².